The number of para-hydroxylation sites is 1. The number of nitrogens with one attached hydrogen (secondary N) is 1. The maximum Gasteiger partial charge on any atom is 0.234 e. The fraction of sp³-hybridized carbons (Fsp3) is 0.350. The van der Waals surface area contributed by atoms with Gasteiger partial charge in [-0.3, -0.25) is 4.79 Å². The number of carbonyl (C=O) groups is 1. The SMILES string of the molecule is COc1ccc(SCC(=O)Nc2c(C)cccc2C(C)C)cc1OC. The molecular weight excluding hydrogens is 334 g/mol. The molecule has 0 aliphatic carbocycles. The molecule has 5 heteroatoms. The van der Waals surface area contributed by atoms with Crippen molar-refractivity contribution in [3.63, 3.8) is 0 Å². The molecule has 134 valence electrons. The van der Waals surface area contributed by atoms with E-state index in [0.717, 1.165) is 21.7 Å². The molecule has 2 aromatic carbocycles. The molecule has 0 aliphatic rings. The van der Waals surface area contributed by atoms with E-state index in [4.69, 9.17) is 9.47 Å². The lowest BCUT2D eigenvalue weighted by atomic mass is 9.98. The van der Waals surface area contributed by atoms with Crippen LogP contribution < -0.4 is 14.8 Å². The normalized spacial score (nSPS) is 10.6. The molecule has 1 N–H and O–H groups in total. The first kappa shape index (κ1) is 19.2. The van der Waals surface area contributed by atoms with Gasteiger partial charge in [-0.2, -0.15) is 0 Å². The summed E-state index contributed by atoms with van der Waals surface area (Å²) in [4.78, 5) is 13.4. The molecule has 0 unspecified atom stereocenters. The molecule has 0 saturated heterocycles. The van der Waals surface area contributed by atoms with E-state index in [1.807, 2.05) is 37.3 Å². The van der Waals surface area contributed by atoms with Crippen molar-refractivity contribution < 1.29 is 14.3 Å². The largest absolute Gasteiger partial charge is 0.493 e. The van der Waals surface area contributed by atoms with Crippen molar-refractivity contribution in [3.05, 3.63) is 47.5 Å². The predicted octanol–water partition coefficient (Wildman–Crippen LogP) is 4.87. The number of carbonyl (C=O) groups excluding carboxylic acids is 1. The van der Waals surface area contributed by atoms with Gasteiger partial charge in [-0.1, -0.05) is 32.0 Å². The number of thioether (sulfide) groups is 1. The lowest BCUT2D eigenvalue weighted by molar-refractivity contribution is -0.113. The zero-order valence-electron chi connectivity index (χ0n) is 15.4. The molecule has 1 amide bonds. The number of anilines is 1. The van der Waals surface area contributed by atoms with Crippen molar-refractivity contribution >= 4 is 23.4 Å². The number of ether oxygens (including phenoxy) is 2. The summed E-state index contributed by atoms with van der Waals surface area (Å²) in [5, 5.41) is 3.07. The van der Waals surface area contributed by atoms with E-state index >= 15 is 0 Å². The molecule has 0 spiro atoms. The van der Waals surface area contributed by atoms with E-state index in [0.29, 0.717) is 23.2 Å². The van der Waals surface area contributed by atoms with Crippen molar-refractivity contribution in [1.29, 1.82) is 0 Å². The van der Waals surface area contributed by atoms with Gasteiger partial charge >= 0.3 is 0 Å². The van der Waals surface area contributed by atoms with Crippen LogP contribution in [0.15, 0.2) is 41.3 Å². The molecule has 0 saturated carbocycles. The van der Waals surface area contributed by atoms with E-state index in [1.54, 1.807) is 14.2 Å². The van der Waals surface area contributed by atoms with Crippen LogP contribution in [0, 0.1) is 6.92 Å². The number of rotatable bonds is 7. The summed E-state index contributed by atoms with van der Waals surface area (Å²) in [6, 6.07) is 11.8. The minimum absolute atomic E-state index is 0.0176. The highest BCUT2D eigenvalue weighted by Crippen LogP contribution is 2.32. The topological polar surface area (TPSA) is 47.6 Å². The number of amides is 1. The van der Waals surface area contributed by atoms with E-state index in [9.17, 15) is 4.79 Å². The number of methoxy groups -OCH3 is 2. The van der Waals surface area contributed by atoms with Gasteiger partial charge in [-0.05, 0) is 42.2 Å². The van der Waals surface area contributed by atoms with Gasteiger partial charge < -0.3 is 14.8 Å². The smallest absolute Gasteiger partial charge is 0.234 e. The molecule has 4 nitrogen and oxygen atoms in total. The van der Waals surface area contributed by atoms with Gasteiger partial charge in [0.25, 0.3) is 0 Å². The zero-order chi connectivity index (χ0) is 18.4. The first-order chi connectivity index (χ1) is 12.0. The predicted molar refractivity (Wildman–Crippen MR) is 104 cm³/mol. The molecular formula is C20H25NO3S. The van der Waals surface area contributed by atoms with Crippen LogP contribution in [0.1, 0.15) is 30.9 Å². The maximum absolute atomic E-state index is 12.4. The van der Waals surface area contributed by atoms with Crippen LogP contribution in [-0.2, 0) is 4.79 Å². The van der Waals surface area contributed by atoms with Crippen molar-refractivity contribution in [2.75, 3.05) is 25.3 Å². The van der Waals surface area contributed by atoms with Gasteiger partial charge in [-0.15, -0.1) is 11.8 Å². The second-order valence-corrected chi connectivity index (χ2v) is 7.10. The molecule has 2 aromatic rings. The second kappa shape index (κ2) is 8.81. The summed E-state index contributed by atoms with van der Waals surface area (Å²) in [5.41, 5.74) is 3.16. The van der Waals surface area contributed by atoms with Gasteiger partial charge in [0, 0.05) is 10.6 Å². The van der Waals surface area contributed by atoms with E-state index in [1.165, 1.54) is 11.8 Å². The van der Waals surface area contributed by atoms with Crippen LogP contribution in [0.4, 0.5) is 5.69 Å². The monoisotopic (exact) mass is 359 g/mol. The first-order valence-corrected chi connectivity index (χ1v) is 9.19. The van der Waals surface area contributed by atoms with E-state index < -0.39 is 0 Å². The summed E-state index contributed by atoms with van der Waals surface area (Å²) in [7, 11) is 3.21. The highest BCUT2D eigenvalue weighted by molar-refractivity contribution is 8.00. The number of aryl methyl sites for hydroxylation is 1. The first-order valence-electron chi connectivity index (χ1n) is 8.20. The molecule has 0 fully saturated rings. The van der Waals surface area contributed by atoms with Gasteiger partial charge in [-0.25, -0.2) is 0 Å². The fourth-order valence-electron chi connectivity index (χ4n) is 2.57. The van der Waals surface area contributed by atoms with Crippen LogP contribution in [-0.4, -0.2) is 25.9 Å². The third-order valence-corrected chi connectivity index (χ3v) is 4.91. The average Bonchev–Trinajstić information content (AvgIpc) is 2.61. The highest BCUT2D eigenvalue weighted by Gasteiger charge is 2.13. The lowest BCUT2D eigenvalue weighted by Crippen LogP contribution is -2.16. The Labute approximate surface area is 153 Å². The number of hydrogen-bond acceptors (Lipinski definition) is 4. The summed E-state index contributed by atoms with van der Waals surface area (Å²) in [6.45, 7) is 6.27. The second-order valence-electron chi connectivity index (χ2n) is 6.05. The van der Waals surface area contributed by atoms with E-state index in [-0.39, 0.29) is 5.91 Å². The molecule has 0 bridgehead atoms. The number of hydrogen-bond donors (Lipinski definition) is 1. The van der Waals surface area contributed by atoms with E-state index in [2.05, 4.69) is 25.2 Å². The minimum Gasteiger partial charge on any atom is -0.493 e. The van der Waals surface area contributed by atoms with Crippen LogP contribution in [0.3, 0.4) is 0 Å². The Morgan fingerprint density at radius 1 is 1.12 bits per heavy atom. The average molecular weight is 359 g/mol. The van der Waals surface area contributed by atoms with Crippen LogP contribution >= 0.6 is 11.8 Å². The number of benzene rings is 2. The fourth-order valence-corrected chi connectivity index (χ4v) is 3.30. The van der Waals surface area contributed by atoms with Gasteiger partial charge in [0.15, 0.2) is 11.5 Å². The van der Waals surface area contributed by atoms with Crippen LogP contribution in [0.5, 0.6) is 11.5 Å². The summed E-state index contributed by atoms with van der Waals surface area (Å²) in [5.74, 6) is 2.01. The van der Waals surface area contributed by atoms with Crippen LogP contribution in [0.2, 0.25) is 0 Å². The molecule has 2 rings (SSSR count). The summed E-state index contributed by atoms with van der Waals surface area (Å²) < 4.78 is 10.5. The molecule has 0 aliphatic heterocycles. The van der Waals surface area contributed by atoms with Crippen molar-refractivity contribution in [3.8, 4) is 11.5 Å². The summed E-state index contributed by atoms with van der Waals surface area (Å²) >= 11 is 1.47. The Bertz CT molecular complexity index is 744. The molecule has 0 radical (unpaired) electrons. The van der Waals surface area contributed by atoms with Gasteiger partial charge in [0.2, 0.25) is 5.91 Å². The quantitative estimate of drug-likeness (QED) is 0.717. The van der Waals surface area contributed by atoms with Gasteiger partial charge in [0.05, 0.1) is 20.0 Å². The lowest BCUT2D eigenvalue weighted by Gasteiger charge is -2.16. The molecule has 0 atom stereocenters. The Kier molecular flexibility index (Phi) is 6.76. The Balaban J connectivity index is 2.05. The molecule has 0 aromatic heterocycles. The Hall–Kier alpha value is -2.14. The maximum atomic E-state index is 12.4. The highest BCUT2D eigenvalue weighted by atomic mass is 32.2. The minimum atomic E-state index is -0.0176. The van der Waals surface area contributed by atoms with Crippen molar-refractivity contribution in [2.24, 2.45) is 0 Å². The standard InChI is InChI=1S/C20H25NO3S/c1-13(2)16-8-6-7-14(3)20(16)21-19(22)12-25-15-9-10-17(23-4)18(11-15)24-5/h6-11,13H,12H2,1-5H3,(H,21,22). The third kappa shape index (κ3) is 4.92. The van der Waals surface area contributed by atoms with Crippen molar-refractivity contribution in [1.82, 2.24) is 0 Å². The molecule has 0 heterocycles. The zero-order valence-corrected chi connectivity index (χ0v) is 16.2. The third-order valence-electron chi connectivity index (χ3n) is 3.92. The van der Waals surface area contributed by atoms with Gasteiger partial charge in [0.1, 0.15) is 0 Å². The van der Waals surface area contributed by atoms with Crippen LogP contribution in [0.25, 0.3) is 0 Å². The Morgan fingerprint density at radius 3 is 2.48 bits per heavy atom. The Morgan fingerprint density at radius 2 is 1.84 bits per heavy atom. The van der Waals surface area contributed by atoms with Crippen molar-refractivity contribution in [2.45, 2.75) is 31.6 Å². The summed E-state index contributed by atoms with van der Waals surface area (Å²) in [6.07, 6.45) is 0. The molecule has 25 heavy (non-hydrogen) atoms.